The Morgan fingerprint density at radius 2 is 1.94 bits per heavy atom. The lowest BCUT2D eigenvalue weighted by Crippen LogP contribution is -2.52. The summed E-state index contributed by atoms with van der Waals surface area (Å²) in [6.45, 7) is 10.7. The normalized spacial score (nSPS) is 31.0. The van der Waals surface area contributed by atoms with Crippen molar-refractivity contribution in [2.75, 3.05) is 20.3 Å². The molecule has 18 heavy (non-hydrogen) atoms. The second-order valence-corrected chi connectivity index (χ2v) is 6.09. The molecule has 0 heterocycles. The van der Waals surface area contributed by atoms with Gasteiger partial charge in [-0.05, 0) is 44.6 Å². The average molecular weight is 257 g/mol. The molecule has 4 atom stereocenters. The minimum atomic E-state index is -0.167. The Hall–Kier alpha value is -0.120. The van der Waals surface area contributed by atoms with E-state index >= 15 is 0 Å². The lowest BCUT2D eigenvalue weighted by Gasteiger charge is -2.43. The van der Waals surface area contributed by atoms with Crippen LogP contribution >= 0.6 is 0 Å². The molecule has 0 spiro atoms. The number of rotatable bonds is 6. The molecule has 0 aromatic carbocycles. The zero-order chi connectivity index (χ0) is 13.7. The van der Waals surface area contributed by atoms with Crippen LogP contribution in [0, 0.1) is 11.8 Å². The Bertz CT molecular complexity index is 233. The summed E-state index contributed by atoms with van der Waals surface area (Å²) in [7, 11) is 1.75. The van der Waals surface area contributed by atoms with Crippen LogP contribution in [0.4, 0.5) is 0 Å². The monoisotopic (exact) mass is 257 g/mol. The fourth-order valence-electron chi connectivity index (χ4n) is 3.33. The number of aliphatic hydroxyl groups is 1. The van der Waals surface area contributed by atoms with Crippen molar-refractivity contribution in [2.45, 2.75) is 65.1 Å². The molecule has 1 fully saturated rings. The molecule has 1 rings (SSSR count). The molecule has 3 heteroatoms. The van der Waals surface area contributed by atoms with Crippen LogP contribution in [0.1, 0.15) is 47.0 Å². The molecule has 0 radical (unpaired) electrons. The van der Waals surface area contributed by atoms with Gasteiger partial charge in [0.15, 0.2) is 0 Å². The van der Waals surface area contributed by atoms with Crippen molar-refractivity contribution in [1.82, 2.24) is 4.90 Å². The molecular formula is C15H31NO2. The van der Waals surface area contributed by atoms with Crippen LogP contribution in [-0.4, -0.2) is 48.5 Å². The predicted molar refractivity (Wildman–Crippen MR) is 75.7 cm³/mol. The summed E-state index contributed by atoms with van der Waals surface area (Å²) in [6.07, 6.45) is 3.08. The summed E-state index contributed by atoms with van der Waals surface area (Å²) in [6, 6.07) is 0.687. The minimum absolute atomic E-state index is 0.167. The van der Waals surface area contributed by atoms with Crippen molar-refractivity contribution >= 4 is 0 Å². The van der Waals surface area contributed by atoms with Crippen molar-refractivity contribution in [1.29, 1.82) is 0 Å². The standard InChI is InChI=1S/C15H31NO2/c1-6-16(12(4)10-18-5)14-9-13(11(2)3)7-8-15(14)17/h11-15,17H,6-10H2,1-5H3. The Morgan fingerprint density at radius 1 is 1.28 bits per heavy atom. The van der Waals surface area contributed by atoms with E-state index in [9.17, 15) is 5.11 Å². The summed E-state index contributed by atoms with van der Waals surface area (Å²) in [4.78, 5) is 2.42. The van der Waals surface area contributed by atoms with E-state index in [1.807, 2.05) is 0 Å². The van der Waals surface area contributed by atoms with Crippen molar-refractivity contribution in [3.05, 3.63) is 0 Å². The van der Waals surface area contributed by atoms with Gasteiger partial charge in [0.05, 0.1) is 12.7 Å². The molecule has 0 aromatic rings. The third-order valence-corrected chi connectivity index (χ3v) is 4.53. The van der Waals surface area contributed by atoms with Crippen molar-refractivity contribution in [3.8, 4) is 0 Å². The molecule has 0 aromatic heterocycles. The number of nitrogens with zero attached hydrogens (tertiary/aromatic N) is 1. The van der Waals surface area contributed by atoms with Gasteiger partial charge in [0.2, 0.25) is 0 Å². The molecule has 1 aliphatic rings. The van der Waals surface area contributed by atoms with Gasteiger partial charge >= 0.3 is 0 Å². The first kappa shape index (κ1) is 15.9. The van der Waals surface area contributed by atoms with Gasteiger partial charge in [-0.2, -0.15) is 0 Å². The number of methoxy groups -OCH3 is 1. The van der Waals surface area contributed by atoms with Gasteiger partial charge in [0.1, 0.15) is 0 Å². The molecule has 0 saturated heterocycles. The lowest BCUT2D eigenvalue weighted by atomic mass is 9.77. The lowest BCUT2D eigenvalue weighted by molar-refractivity contribution is -0.0309. The Kier molecular flexibility index (Phi) is 6.61. The Morgan fingerprint density at radius 3 is 2.44 bits per heavy atom. The molecular weight excluding hydrogens is 226 g/mol. The van der Waals surface area contributed by atoms with Crippen LogP contribution in [-0.2, 0) is 4.74 Å². The predicted octanol–water partition coefficient (Wildman–Crippen LogP) is 2.53. The highest BCUT2D eigenvalue weighted by Gasteiger charge is 2.35. The van der Waals surface area contributed by atoms with Gasteiger partial charge in [-0.25, -0.2) is 0 Å². The molecule has 1 N–H and O–H groups in total. The number of ether oxygens (including phenoxy) is 1. The van der Waals surface area contributed by atoms with Crippen LogP contribution in [0.2, 0.25) is 0 Å². The molecule has 3 nitrogen and oxygen atoms in total. The van der Waals surface area contributed by atoms with Gasteiger partial charge in [-0.3, -0.25) is 4.90 Å². The average Bonchev–Trinajstić information content (AvgIpc) is 2.32. The first-order valence-electron chi connectivity index (χ1n) is 7.43. The first-order valence-corrected chi connectivity index (χ1v) is 7.43. The second-order valence-electron chi connectivity index (χ2n) is 6.09. The van der Waals surface area contributed by atoms with E-state index in [0.717, 1.165) is 37.8 Å². The van der Waals surface area contributed by atoms with Gasteiger partial charge in [-0.15, -0.1) is 0 Å². The van der Waals surface area contributed by atoms with Crippen LogP contribution in [0.25, 0.3) is 0 Å². The van der Waals surface area contributed by atoms with Crippen molar-refractivity contribution in [2.24, 2.45) is 11.8 Å². The summed E-state index contributed by atoms with van der Waals surface area (Å²) >= 11 is 0. The molecule has 0 bridgehead atoms. The van der Waals surface area contributed by atoms with E-state index in [0.29, 0.717) is 12.1 Å². The first-order chi connectivity index (χ1) is 8.51. The van der Waals surface area contributed by atoms with Crippen LogP contribution in [0.5, 0.6) is 0 Å². The zero-order valence-corrected chi connectivity index (χ0v) is 12.7. The fourth-order valence-corrected chi connectivity index (χ4v) is 3.33. The minimum Gasteiger partial charge on any atom is -0.391 e. The molecule has 1 aliphatic carbocycles. The van der Waals surface area contributed by atoms with Crippen molar-refractivity contribution < 1.29 is 9.84 Å². The summed E-state index contributed by atoms with van der Waals surface area (Å²) in [5, 5.41) is 10.3. The molecule has 108 valence electrons. The fraction of sp³-hybridized carbons (Fsp3) is 1.00. The smallest absolute Gasteiger partial charge is 0.0695 e. The van der Waals surface area contributed by atoms with Gasteiger partial charge in [-0.1, -0.05) is 20.8 Å². The summed E-state index contributed by atoms with van der Waals surface area (Å²) in [5.41, 5.74) is 0. The van der Waals surface area contributed by atoms with Gasteiger partial charge < -0.3 is 9.84 Å². The highest BCUT2D eigenvalue weighted by atomic mass is 16.5. The van der Waals surface area contributed by atoms with E-state index in [-0.39, 0.29) is 6.10 Å². The van der Waals surface area contributed by atoms with Crippen LogP contribution in [0.3, 0.4) is 0 Å². The molecule has 1 saturated carbocycles. The van der Waals surface area contributed by atoms with E-state index in [4.69, 9.17) is 4.74 Å². The SMILES string of the molecule is CCN(C(C)COC)C1CC(C(C)C)CCC1O. The highest BCUT2D eigenvalue weighted by Crippen LogP contribution is 2.33. The maximum Gasteiger partial charge on any atom is 0.0695 e. The van der Waals surface area contributed by atoms with Gasteiger partial charge in [0, 0.05) is 19.2 Å². The van der Waals surface area contributed by atoms with Crippen molar-refractivity contribution in [3.63, 3.8) is 0 Å². The Balaban J connectivity index is 2.69. The van der Waals surface area contributed by atoms with E-state index in [1.165, 1.54) is 6.42 Å². The third-order valence-electron chi connectivity index (χ3n) is 4.53. The zero-order valence-electron chi connectivity index (χ0n) is 12.7. The highest BCUT2D eigenvalue weighted by molar-refractivity contribution is 4.89. The second kappa shape index (κ2) is 7.46. The van der Waals surface area contributed by atoms with E-state index in [1.54, 1.807) is 7.11 Å². The van der Waals surface area contributed by atoms with Crippen LogP contribution in [0.15, 0.2) is 0 Å². The number of aliphatic hydroxyl groups excluding tert-OH is 1. The quantitative estimate of drug-likeness (QED) is 0.793. The third kappa shape index (κ3) is 3.94. The maximum absolute atomic E-state index is 10.3. The maximum atomic E-state index is 10.3. The topological polar surface area (TPSA) is 32.7 Å². The summed E-state index contributed by atoms with van der Waals surface area (Å²) in [5.74, 6) is 1.47. The number of likely N-dealkylation sites (N-methyl/N-ethyl adjacent to an activating group) is 1. The molecule has 0 aliphatic heterocycles. The Labute approximate surface area is 113 Å². The molecule has 4 unspecified atom stereocenters. The van der Waals surface area contributed by atoms with E-state index < -0.39 is 0 Å². The largest absolute Gasteiger partial charge is 0.391 e. The summed E-state index contributed by atoms with van der Waals surface area (Å²) < 4.78 is 5.26. The van der Waals surface area contributed by atoms with E-state index in [2.05, 4.69) is 32.6 Å². The molecule has 0 amide bonds. The van der Waals surface area contributed by atoms with Crippen LogP contribution < -0.4 is 0 Å². The number of hydrogen-bond donors (Lipinski definition) is 1. The number of hydrogen-bond acceptors (Lipinski definition) is 3. The van der Waals surface area contributed by atoms with Gasteiger partial charge in [0.25, 0.3) is 0 Å².